The molecule has 0 radical (unpaired) electrons. The highest BCUT2D eigenvalue weighted by Crippen LogP contribution is 2.34. The summed E-state index contributed by atoms with van der Waals surface area (Å²) >= 11 is 3.86. The van der Waals surface area contributed by atoms with Crippen molar-refractivity contribution >= 4 is 23.5 Å². The van der Waals surface area contributed by atoms with Crippen LogP contribution in [0.15, 0.2) is 88.7 Å². The Kier molecular flexibility index (Phi) is 6.79. The molecule has 4 rings (SSSR count). The highest BCUT2D eigenvalue weighted by molar-refractivity contribution is 7.98. The molecule has 0 bridgehead atoms. The molecule has 1 aliphatic rings. The summed E-state index contributed by atoms with van der Waals surface area (Å²) in [5, 5.41) is 0. The van der Waals surface area contributed by atoms with Crippen molar-refractivity contribution in [2.45, 2.75) is 40.2 Å². The van der Waals surface area contributed by atoms with E-state index in [0.717, 1.165) is 11.5 Å². The van der Waals surface area contributed by atoms with E-state index in [4.69, 9.17) is 0 Å². The quantitative estimate of drug-likeness (QED) is 0.388. The van der Waals surface area contributed by atoms with Gasteiger partial charge in [0.05, 0.1) is 0 Å². The van der Waals surface area contributed by atoms with Crippen LogP contribution in [0.1, 0.15) is 35.6 Å². The highest BCUT2D eigenvalue weighted by atomic mass is 32.2. The fourth-order valence-corrected chi connectivity index (χ4v) is 5.55. The molecule has 144 valence electrons. The largest absolute Gasteiger partial charge is 0.299 e. The van der Waals surface area contributed by atoms with Gasteiger partial charge in [0.2, 0.25) is 0 Å². The molecule has 1 heterocycles. The minimum absolute atomic E-state index is 0.571. The summed E-state index contributed by atoms with van der Waals surface area (Å²) < 4.78 is 0. The van der Waals surface area contributed by atoms with Crippen LogP contribution in [0.25, 0.3) is 0 Å². The Labute approximate surface area is 177 Å². The number of thioether (sulfide) groups is 2. The zero-order chi connectivity index (χ0) is 19.2. The maximum absolute atomic E-state index is 2.51. The summed E-state index contributed by atoms with van der Waals surface area (Å²) in [5.41, 5.74) is 4.38. The topological polar surface area (TPSA) is 3.24 Å². The molecule has 1 atom stereocenters. The van der Waals surface area contributed by atoms with Crippen LogP contribution in [-0.2, 0) is 11.5 Å². The van der Waals surface area contributed by atoms with Crippen molar-refractivity contribution in [3.05, 3.63) is 95.6 Å². The van der Waals surface area contributed by atoms with Crippen LogP contribution in [0, 0.1) is 0 Å². The van der Waals surface area contributed by atoms with Crippen LogP contribution < -0.4 is 0 Å². The minimum Gasteiger partial charge on any atom is -0.299 e. The molecule has 1 unspecified atom stereocenters. The Morgan fingerprint density at radius 3 is 1.79 bits per heavy atom. The maximum atomic E-state index is 2.51. The third-order valence-corrected chi connectivity index (χ3v) is 7.44. The van der Waals surface area contributed by atoms with Crippen molar-refractivity contribution in [2.24, 2.45) is 0 Å². The second-order valence-corrected chi connectivity index (χ2v) is 9.52. The molecular weight excluding hydrogens is 378 g/mol. The molecule has 0 aliphatic carbocycles. The number of benzene rings is 3. The monoisotopic (exact) mass is 405 g/mol. The fraction of sp³-hybridized carbons (Fsp3) is 0.280. The molecule has 28 heavy (non-hydrogen) atoms. The Hall–Kier alpha value is -1.68. The number of hydrogen-bond donors (Lipinski definition) is 0. The lowest BCUT2D eigenvalue weighted by Crippen LogP contribution is -2.17. The summed E-state index contributed by atoms with van der Waals surface area (Å²) in [6.07, 6.45) is 2.58. The number of nitrogens with zero attached hydrogens (tertiary/aromatic N) is 1. The van der Waals surface area contributed by atoms with E-state index in [0.29, 0.717) is 6.04 Å². The van der Waals surface area contributed by atoms with Crippen molar-refractivity contribution in [1.82, 2.24) is 4.90 Å². The van der Waals surface area contributed by atoms with Gasteiger partial charge in [-0.05, 0) is 67.4 Å². The van der Waals surface area contributed by atoms with Gasteiger partial charge < -0.3 is 0 Å². The van der Waals surface area contributed by atoms with Gasteiger partial charge in [0.1, 0.15) is 0 Å². The van der Waals surface area contributed by atoms with Gasteiger partial charge in [-0.2, -0.15) is 0 Å². The van der Waals surface area contributed by atoms with Gasteiger partial charge >= 0.3 is 0 Å². The zero-order valence-corrected chi connectivity index (χ0v) is 18.0. The Morgan fingerprint density at radius 2 is 1.32 bits per heavy atom. The van der Waals surface area contributed by atoms with Gasteiger partial charge in [0, 0.05) is 27.3 Å². The molecule has 1 fully saturated rings. The van der Waals surface area contributed by atoms with Gasteiger partial charge in [0.15, 0.2) is 0 Å². The van der Waals surface area contributed by atoms with Crippen LogP contribution in [0.4, 0.5) is 0 Å². The Balaban J connectivity index is 1.53. The number of rotatable bonds is 7. The zero-order valence-electron chi connectivity index (χ0n) is 16.4. The summed E-state index contributed by atoms with van der Waals surface area (Å²) in [4.78, 5) is 5.19. The Morgan fingerprint density at radius 1 is 0.786 bits per heavy atom. The van der Waals surface area contributed by atoms with E-state index >= 15 is 0 Å². The van der Waals surface area contributed by atoms with E-state index in [1.54, 1.807) is 0 Å². The average Bonchev–Trinajstić information content (AvgIpc) is 3.18. The lowest BCUT2D eigenvalue weighted by molar-refractivity contribution is 0.317. The molecule has 3 aromatic rings. The predicted molar refractivity (Wildman–Crippen MR) is 123 cm³/mol. The van der Waals surface area contributed by atoms with Crippen molar-refractivity contribution in [1.29, 1.82) is 0 Å². The molecule has 0 aromatic heterocycles. The number of likely N-dealkylation sites (tertiary alicyclic amines) is 1. The van der Waals surface area contributed by atoms with Gasteiger partial charge in [0.25, 0.3) is 0 Å². The van der Waals surface area contributed by atoms with Crippen molar-refractivity contribution < 1.29 is 0 Å². The van der Waals surface area contributed by atoms with E-state index in [2.05, 4.69) is 90.8 Å². The summed E-state index contributed by atoms with van der Waals surface area (Å²) in [5.74, 6) is 2.05. The average molecular weight is 406 g/mol. The van der Waals surface area contributed by atoms with Gasteiger partial charge in [-0.15, -0.1) is 23.5 Å². The second-order valence-electron chi connectivity index (χ2n) is 7.42. The van der Waals surface area contributed by atoms with E-state index in [1.807, 2.05) is 23.5 Å². The second kappa shape index (κ2) is 9.69. The molecule has 0 spiro atoms. The SMILES string of the molecule is CN1CCCC1c1cc(CSc2ccccc2)cc(CSc2ccccc2)c1. The van der Waals surface area contributed by atoms with Crippen LogP contribution in [0.2, 0.25) is 0 Å². The van der Waals surface area contributed by atoms with Gasteiger partial charge in [-0.25, -0.2) is 0 Å². The summed E-state index contributed by atoms with van der Waals surface area (Å²) in [6, 6.07) is 29.3. The smallest absolute Gasteiger partial charge is 0.0345 e. The molecule has 3 heteroatoms. The maximum Gasteiger partial charge on any atom is 0.0345 e. The third kappa shape index (κ3) is 5.22. The van der Waals surface area contributed by atoms with Crippen molar-refractivity contribution in [3.8, 4) is 0 Å². The van der Waals surface area contributed by atoms with Crippen LogP contribution in [0.3, 0.4) is 0 Å². The standard InChI is InChI=1S/C25H27NS2/c1-26-14-8-13-25(26)22-16-20(18-27-23-9-4-2-5-10-23)15-21(17-22)19-28-24-11-6-3-7-12-24/h2-7,9-12,15-17,25H,8,13-14,18-19H2,1H3. The van der Waals surface area contributed by atoms with E-state index in [-0.39, 0.29) is 0 Å². The minimum atomic E-state index is 0.571. The fourth-order valence-electron chi connectivity index (χ4n) is 3.85. The van der Waals surface area contributed by atoms with Crippen molar-refractivity contribution in [3.63, 3.8) is 0 Å². The van der Waals surface area contributed by atoms with E-state index < -0.39 is 0 Å². The van der Waals surface area contributed by atoms with E-state index in [9.17, 15) is 0 Å². The van der Waals surface area contributed by atoms with Gasteiger partial charge in [-0.1, -0.05) is 54.6 Å². The lowest BCUT2D eigenvalue weighted by atomic mass is 10.00. The van der Waals surface area contributed by atoms with Crippen LogP contribution in [0.5, 0.6) is 0 Å². The van der Waals surface area contributed by atoms with E-state index in [1.165, 1.54) is 45.9 Å². The molecule has 1 saturated heterocycles. The molecule has 3 aromatic carbocycles. The molecule has 0 saturated carbocycles. The third-order valence-electron chi connectivity index (χ3n) is 5.28. The molecule has 1 nitrogen and oxygen atoms in total. The first-order chi connectivity index (χ1) is 13.8. The summed E-state index contributed by atoms with van der Waals surface area (Å²) in [7, 11) is 2.27. The number of hydrogen-bond acceptors (Lipinski definition) is 3. The normalized spacial score (nSPS) is 17.1. The lowest BCUT2D eigenvalue weighted by Gasteiger charge is -2.21. The molecule has 1 aliphatic heterocycles. The highest BCUT2D eigenvalue weighted by Gasteiger charge is 2.23. The summed E-state index contributed by atoms with van der Waals surface area (Å²) in [6.45, 7) is 1.21. The predicted octanol–water partition coefficient (Wildman–Crippen LogP) is 7.04. The Bertz CT molecular complexity index is 818. The molecule has 0 amide bonds. The first kappa shape index (κ1) is 19.6. The molecular formula is C25H27NS2. The first-order valence-electron chi connectivity index (χ1n) is 9.96. The van der Waals surface area contributed by atoms with Crippen LogP contribution >= 0.6 is 23.5 Å². The molecule has 0 N–H and O–H groups in total. The van der Waals surface area contributed by atoms with Crippen LogP contribution in [-0.4, -0.2) is 18.5 Å². The first-order valence-corrected chi connectivity index (χ1v) is 11.9. The van der Waals surface area contributed by atoms with Crippen molar-refractivity contribution in [2.75, 3.05) is 13.6 Å². The van der Waals surface area contributed by atoms with Gasteiger partial charge in [-0.3, -0.25) is 4.90 Å².